The summed E-state index contributed by atoms with van der Waals surface area (Å²) in [5.74, 6) is 0.391. The second-order valence-electron chi connectivity index (χ2n) is 4.99. The van der Waals surface area contributed by atoms with E-state index in [0.29, 0.717) is 11.4 Å². The molecule has 1 aromatic carbocycles. The van der Waals surface area contributed by atoms with Gasteiger partial charge in [-0.3, -0.25) is 4.79 Å². The Bertz CT molecular complexity index is 831. The lowest BCUT2D eigenvalue weighted by Gasteiger charge is -2.06. The molecular formula is C17H15N3O4S. The molecule has 0 aliphatic carbocycles. The molecule has 0 bridgehead atoms. The Balaban J connectivity index is 1.40. The smallest absolute Gasteiger partial charge is 0.388 e. The molecule has 7 nitrogen and oxygen atoms in total. The third-order valence-electron chi connectivity index (χ3n) is 3.13. The van der Waals surface area contributed by atoms with Crippen molar-refractivity contribution in [3.05, 3.63) is 53.9 Å². The Labute approximate surface area is 147 Å². The fraction of sp³-hybridized carbons (Fsp3) is 0.118. The largest absolute Gasteiger partial charge is 0.414 e. The van der Waals surface area contributed by atoms with Crippen LogP contribution < -0.4 is 15.4 Å². The van der Waals surface area contributed by atoms with Gasteiger partial charge in [0.1, 0.15) is 0 Å². The quantitative estimate of drug-likeness (QED) is 0.704. The number of hydrogen-bond donors (Lipinski definition) is 2. The van der Waals surface area contributed by atoms with E-state index in [1.165, 1.54) is 17.4 Å². The predicted molar refractivity (Wildman–Crippen MR) is 93.5 cm³/mol. The van der Waals surface area contributed by atoms with E-state index in [-0.39, 0.29) is 24.8 Å². The van der Waals surface area contributed by atoms with E-state index in [0.717, 1.165) is 4.88 Å². The summed E-state index contributed by atoms with van der Waals surface area (Å²) in [5, 5.41) is 10.8. The molecule has 0 saturated carbocycles. The number of hydrogen-bond acceptors (Lipinski definition) is 6. The van der Waals surface area contributed by atoms with Crippen molar-refractivity contribution in [2.75, 3.05) is 11.9 Å². The van der Waals surface area contributed by atoms with Crippen LogP contribution in [0, 0.1) is 0 Å². The molecule has 0 aliphatic rings. The number of carbonyl (C=O) groups is 2. The van der Waals surface area contributed by atoms with Crippen LogP contribution in [-0.2, 0) is 4.79 Å². The summed E-state index contributed by atoms with van der Waals surface area (Å²) in [7, 11) is 0. The van der Waals surface area contributed by atoms with Gasteiger partial charge in [-0.25, -0.2) is 4.79 Å². The Morgan fingerprint density at radius 2 is 2.00 bits per heavy atom. The van der Waals surface area contributed by atoms with E-state index in [4.69, 9.17) is 9.26 Å². The number of anilines is 1. The number of aromatic nitrogens is 1. The lowest BCUT2D eigenvalue weighted by atomic mass is 10.3. The number of para-hydroxylation sites is 1. The summed E-state index contributed by atoms with van der Waals surface area (Å²) in [4.78, 5) is 24.4. The molecule has 8 heteroatoms. The number of thiophene rings is 1. The van der Waals surface area contributed by atoms with Gasteiger partial charge in [0.2, 0.25) is 5.91 Å². The van der Waals surface area contributed by atoms with Crippen molar-refractivity contribution in [2.45, 2.75) is 6.42 Å². The van der Waals surface area contributed by atoms with Crippen molar-refractivity contribution < 1.29 is 18.8 Å². The highest BCUT2D eigenvalue weighted by atomic mass is 32.1. The van der Waals surface area contributed by atoms with Crippen molar-refractivity contribution in [2.24, 2.45) is 0 Å². The van der Waals surface area contributed by atoms with Gasteiger partial charge in [-0.2, -0.15) is 0 Å². The SMILES string of the molecule is O=C(CCNC(=O)Oc1cc(-c2cccs2)on1)Nc1ccccc1. The van der Waals surface area contributed by atoms with E-state index in [1.54, 1.807) is 12.1 Å². The average molecular weight is 357 g/mol. The predicted octanol–water partition coefficient (Wildman–Crippen LogP) is 3.52. The minimum atomic E-state index is -0.696. The van der Waals surface area contributed by atoms with Crippen LogP contribution in [0.4, 0.5) is 10.5 Å². The van der Waals surface area contributed by atoms with Crippen LogP contribution in [0.2, 0.25) is 0 Å². The Morgan fingerprint density at radius 1 is 1.16 bits per heavy atom. The van der Waals surface area contributed by atoms with Crippen molar-refractivity contribution in [3.8, 4) is 16.5 Å². The number of nitrogens with one attached hydrogen (secondary N) is 2. The fourth-order valence-electron chi connectivity index (χ4n) is 2.00. The highest BCUT2D eigenvalue weighted by Gasteiger charge is 2.12. The minimum Gasteiger partial charge on any atom is -0.388 e. The fourth-order valence-corrected chi connectivity index (χ4v) is 2.67. The van der Waals surface area contributed by atoms with Gasteiger partial charge < -0.3 is 19.9 Å². The van der Waals surface area contributed by atoms with E-state index < -0.39 is 6.09 Å². The first-order valence-corrected chi connectivity index (χ1v) is 8.40. The van der Waals surface area contributed by atoms with Crippen molar-refractivity contribution in [1.82, 2.24) is 10.5 Å². The molecule has 2 amide bonds. The molecule has 0 fully saturated rings. The van der Waals surface area contributed by atoms with Gasteiger partial charge in [0, 0.05) is 18.7 Å². The monoisotopic (exact) mass is 357 g/mol. The number of benzene rings is 1. The number of nitrogens with zero attached hydrogens (tertiary/aromatic N) is 1. The molecule has 2 aromatic heterocycles. The van der Waals surface area contributed by atoms with Crippen LogP contribution in [-0.4, -0.2) is 23.7 Å². The molecule has 0 atom stereocenters. The van der Waals surface area contributed by atoms with Crippen molar-refractivity contribution in [1.29, 1.82) is 0 Å². The number of amides is 2. The Hall–Kier alpha value is -3.13. The molecule has 3 rings (SSSR count). The lowest BCUT2D eigenvalue weighted by molar-refractivity contribution is -0.116. The molecule has 2 heterocycles. The van der Waals surface area contributed by atoms with Gasteiger partial charge in [0.25, 0.3) is 5.88 Å². The Morgan fingerprint density at radius 3 is 2.76 bits per heavy atom. The molecule has 128 valence electrons. The lowest BCUT2D eigenvalue weighted by Crippen LogP contribution is -2.30. The molecule has 0 saturated heterocycles. The zero-order valence-electron chi connectivity index (χ0n) is 13.1. The summed E-state index contributed by atoms with van der Waals surface area (Å²) in [6.45, 7) is 0.146. The van der Waals surface area contributed by atoms with Gasteiger partial charge in [0.05, 0.1) is 10.9 Å². The maximum Gasteiger partial charge on any atom is 0.414 e. The summed E-state index contributed by atoms with van der Waals surface area (Å²) in [6.07, 6.45) is -0.568. The van der Waals surface area contributed by atoms with Gasteiger partial charge in [-0.15, -0.1) is 11.3 Å². The van der Waals surface area contributed by atoms with Gasteiger partial charge in [-0.1, -0.05) is 24.3 Å². The number of ether oxygens (including phenoxy) is 1. The second-order valence-corrected chi connectivity index (χ2v) is 5.93. The zero-order chi connectivity index (χ0) is 17.5. The van der Waals surface area contributed by atoms with Crippen molar-refractivity contribution >= 4 is 29.0 Å². The van der Waals surface area contributed by atoms with Gasteiger partial charge >= 0.3 is 6.09 Å². The molecule has 25 heavy (non-hydrogen) atoms. The first-order chi connectivity index (χ1) is 12.2. The normalized spacial score (nSPS) is 10.2. The first-order valence-electron chi connectivity index (χ1n) is 7.52. The van der Waals surface area contributed by atoms with Crippen LogP contribution in [0.15, 0.2) is 58.4 Å². The number of carbonyl (C=O) groups excluding carboxylic acids is 2. The highest BCUT2D eigenvalue weighted by molar-refractivity contribution is 7.13. The van der Waals surface area contributed by atoms with E-state index in [9.17, 15) is 9.59 Å². The Kier molecular flexibility index (Phi) is 5.43. The van der Waals surface area contributed by atoms with Crippen LogP contribution in [0.1, 0.15) is 6.42 Å². The van der Waals surface area contributed by atoms with Gasteiger partial charge in [-0.05, 0) is 28.7 Å². The van der Waals surface area contributed by atoms with Crippen LogP contribution in [0.25, 0.3) is 10.6 Å². The van der Waals surface area contributed by atoms with E-state index in [2.05, 4.69) is 15.8 Å². The molecule has 0 aliphatic heterocycles. The third-order valence-corrected chi connectivity index (χ3v) is 4.01. The molecule has 0 spiro atoms. The molecule has 0 unspecified atom stereocenters. The molecule has 3 aromatic rings. The summed E-state index contributed by atoms with van der Waals surface area (Å²) in [6, 6.07) is 14.4. The minimum absolute atomic E-state index is 0.0645. The molecular weight excluding hydrogens is 342 g/mol. The van der Waals surface area contributed by atoms with Crippen LogP contribution >= 0.6 is 11.3 Å². The standard InChI is InChI=1S/C17H15N3O4S/c21-15(19-12-5-2-1-3-6-12)8-9-18-17(22)23-16-11-13(24-20-16)14-7-4-10-25-14/h1-7,10-11H,8-9H2,(H,18,22)(H,19,21). The summed E-state index contributed by atoms with van der Waals surface area (Å²) in [5.41, 5.74) is 0.707. The van der Waals surface area contributed by atoms with Crippen LogP contribution in [0.3, 0.4) is 0 Å². The second kappa shape index (κ2) is 8.11. The topological polar surface area (TPSA) is 93.5 Å². The van der Waals surface area contributed by atoms with Crippen LogP contribution in [0.5, 0.6) is 5.88 Å². The summed E-state index contributed by atoms with van der Waals surface area (Å²) >= 11 is 1.49. The highest BCUT2D eigenvalue weighted by Crippen LogP contribution is 2.27. The summed E-state index contributed by atoms with van der Waals surface area (Å²) < 4.78 is 10.1. The molecule has 0 radical (unpaired) electrons. The maximum absolute atomic E-state index is 11.8. The number of rotatable bonds is 6. The van der Waals surface area contributed by atoms with Crippen molar-refractivity contribution in [3.63, 3.8) is 0 Å². The molecule has 2 N–H and O–H groups in total. The first kappa shape index (κ1) is 16.7. The van der Waals surface area contributed by atoms with E-state index >= 15 is 0 Å². The average Bonchev–Trinajstić information content (AvgIpc) is 3.27. The third kappa shape index (κ3) is 4.92. The zero-order valence-corrected chi connectivity index (χ0v) is 13.9. The van der Waals surface area contributed by atoms with Gasteiger partial charge in [0.15, 0.2) is 5.76 Å². The van der Waals surface area contributed by atoms with E-state index in [1.807, 2.05) is 35.7 Å². The maximum atomic E-state index is 11.8.